The van der Waals surface area contributed by atoms with Gasteiger partial charge in [-0.1, -0.05) is 0 Å². The highest BCUT2D eigenvalue weighted by Gasteiger charge is 2.26. The van der Waals surface area contributed by atoms with Gasteiger partial charge in [-0.3, -0.25) is 14.4 Å². The van der Waals surface area contributed by atoms with Gasteiger partial charge in [0.25, 0.3) is 0 Å². The van der Waals surface area contributed by atoms with Crippen molar-refractivity contribution in [2.45, 2.75) is 37.8 Å². The second-order valence-corrected chi connectivity index (χ2v) is 3.87. The SMILES string of the molecule is NC(CCC(=O)O)C(=O)O.O=C1CCC(C(=O)O)N1. The van der Waals surface area contributed by atoms with Crippen molar-refractivity contribution in [1.82, 2.24) is 5.32 Å². The zero-order valence-electron chi connectivity index (χ0n) is 10.0. The van der Waals surface area contributed by atoms with Gasteiger partial charge in [0, 0.05) is 12.8 Å². The van der Waals surface area contributed by atoms with Crippen molar-refractivity contribution in [2.75, 3.05) is 0 Å². The van der Waals surface area contributed by atoms with Crippen molar-refractivity contribution in [3.8, 4) is 0 Å². The number of carboxylic acid groups (broad SMARTS) is 3. The van der Waals surface area contributed by atoms with Crippen LogP contribution in [0, 0.1) is 0 Å². The van der Waals surface area contributed by atoms with E-state index >= 15 is 0 Å². The Balaban J connectivity index is 0.000000342. The first-order valence-corrected chi connectivity index (χ1v) is 5.46. The van der Waals surface area contributed by atoms with Crippen LogP contribution in [0.3, 0.4) is 0 Å². The fourth-order valence-corrected chi connectivity index (χ4v) is 1.20. The fourth-order valence-electron chi connectivity index (χ4n) is 1.20. The van der Waals surface area contributed by atoms with Crippen LogP contribution in [0.2, 0.25) is 0 Å². The predicted molar refractivity (Wildman–Crippen MR) is 61.3 cm³/mol. The molecule has 1 heterocycles. The number of amides is 1. The maximum atomic E-state index is 10.4. The molecule has 1 amide bonds. The summed E-state index contributed by atoms with van der Waals surface area (Å²) in [5.74, 6) is -3.30. The average molecular weight is 276 g/mol. The summed E-state index contributed by atoms with van der Waals surface area (Å²) < 4.78 is 0. The molecule has 2 atom stereocenters. The standard InChI is InChI=1S/C5H9NO4.C5H7NO3/c6-3(5(9)10)1-2-4(7)8;7-4-2-1-3(6-4)5(8)9/h3H,1-2,6H2,(H,7,8)(H,9,10);3H,1-2H2,(H,6,7)(H,8,9). The van der Waals surface area contributed by atoms with Crippen molar-refractivity contribution in [3.63, 3.8) is 0 Å². The molecular weight excluding hydrogens is 260 g/mol. The molecule has 6 N–H and O–H groups in total. The van der Waals surface area contributed by atoms with Crippen LogP contribution in [-0.2, 0) is 19.2 Å². The van der Waals surface area contributed by atoms with Crippen LogP contribution in [-0.4, -0.2) is 51.2 Å². The molecule has 0 saturated carbocycles. The van der Waals surface area contributed by atoms with Gasteiger partial charge < -0.3 is 26.4 Å². The summed E-state index contributed by atoms with van der Waals surface area (Å²) in [6, 6.07) is -1.70. The summed E-state index contributed by atoms with van der Waals surface area (Å²) in [4.78, 5) is 40.4. The Labute approximate surface area is 108 Å². The normalized spacial score (nSPS) is 18.8. The second-order valence-electron chi connectivity index (χ2n) is 3.87. The molecule has 19 heavy (non-hydrogen) atoms. The maximum absolute atomic E-state index is 10.4. The van der Waals surface area contributed by atoms with Gasteiger partial charge in [-0.15, -0.1) is 0 Å². The molecule has 1 saturated heterocycles. The molecule has 1 rings (SSSR count). The largest absolute Gasteiger partial charge is 0.481 e. The molecule has 0 aliphatic carbocycles. The Bertz CT molecular complexity index is 369. The molecule has 0 aromatic carbocycles. The van der Waals surface area contributed by atoms with Gasteiger partial charge in [-0.2, -0.15) is 0 Å². The Morgan fingerprint density at radius 3 is 2.16 bits per heavy atom. The van der Waals surface area contributed by atoms with Crippen molar-refractivity contribution >= 4 is 23.8 Å². The minimum atomic E-state index is -1.17. The lowest BCUT2D eigenvalue weighted by Crippen LogP contribution is -2.32. The minimum absolute atomic E-state index is 0.0231. The van der Waals surface area contributed by atoms with Crippen molar-refractivity contribution in [1.29, 1.82) is 0 Å². The zero-order chi connectivity index (χ0) is 15.0. The highest BCUT2D eigenvalue weighted by molar-refractivity contribution is 5.87. The number of rotatable bonds is 5. The molecule has 0 aromatic heterocycles. The first kappa shape index (κ1) is 16.8. The fraction of sp³-hybridized carbons (Fsp3) is 0.600. The summed E-state index contributed by atoms with van der Waals surface area (Å²) in [6.07, 6.45) is 0.545. The lowest BCUT2D eigenvalue weighted by Gasteiger charge is -2.01. The van der Waals surface area contributed by atoms with Crippen LogP contribution in [0.25, 0.3) is 0 Å². The Morgan fingerprint density at radius 1 is 1.32 bits per heavy atom. The number of carbonyl (C=O) groups excluding carboxylic acids is 1. The number of hydrogen-bond donors (Lipinski definition) is 5. The van der Waals surface area contributed by atoms with E-state index in [9.17, 15) is 19.2 Å². The molecule has 9 nitrogen and oxygen atoms in total. The molecule has 0 radical (unpaired) electrons. The second kappa shape index (κ2) is 8.03. The molecule has 108 valence electrons. The van der Waals surface area contributed by atoms with Crippen LogP contribution in [0.4, 0.5) is 0 Å². The smallest absolute Gasteiger partial charge is 0.326 e. The first-order chi connectivity index (χ1) is 8.73. The first-order valence-electron chi connectivity index (χ1n) is 5.46. The predicted octanol–water partition coefficient (Wildman–Crippen LogP) is -1.39. The summed E-state index contributed by atoms with van der Waals surface area (Å²) in [6.45, 7) is 0. The number of hydrogen-bond acceptors (Lipinski definition) is 5. The molecule has 0 bridgehead atoms. The zero-order valence-corrected chi connectivity index (χ0v) is 10.0. The lowest BCUT2D eigenvalue weighted by atomic mass is 10.2. The quantitative estimate of drug-likeness (QED) is 0.409. The van der Waals surface area contributed by atoms with Crippen LogP contribution in [0.15, 0.2) is 0 Å². The Morgan fingerprint density at radius 2 is 1.89 bits per heavy atom. The Kier molecular flexibility index (Phi) is 7.12. The summed E-state index contributed by atoms with van der Waals surface area (Å²) in [5, 5.41) is 26.9. The maximum Gasteiger partial charge on any atom is 0.326 e. The van der Waals surface area contributed by atoms with Gasteiger partial charge in [-0.05, 0) is 12.8 Å². The van der Waals surface area contributed by atoms with E-state index in [0.29, 0.717) is 12.8 Å². The van der Waals surface area contributed by atoms with Crippen LogP contribution in [0.1, 0.15) is 25.7 Å². The van der Waals surface area contributed by atoms with Crippen LogP contribution in [0.5, 0.6) is 0 Å². The summed E-state index contributed by atoms with van der Waals surface area (Å²) in [7, 11) is 0. The molecule has 1 aliphatic heterocycles. The van der Waals surface area contributed by atoms with E-state index in [0.717, 1.165) is 0 Å². The molecule has 1 aliphatic rings. The van der Waals surface area contributed by atoms with Crippen molar-refractivity contribution in [3.05, 3.63) is 0 Å². The van der Waals surface area contributed by atoms with Gasteiger partial charge in [0.15, 0.2) is 0 Å². The summed E-state index contributed by atoms with van der Waals surface area (Å²) >= 11 is 0. The topological polar surface area (TPSA) is 167 Å². The number of nitrogens with two attached hydrogens (primary N) is 1. The van der Waals surface area contributed by atoms with Crippen molar-refractivity contribution < 1.29 is 34.5 Å². The van der Waals surface area contributed by atoms with Gasteiger partial charge in [0.05, 0.1) is 0 Å². The lowest BCUT2D eigenvalue weighted by molar-refractivity contribution is -0.141. The number of aliphatic carboxylic acids is 3. The number of nitrogens with one attached hydrogen (secondary N) is 1. The molecular formula is C10H16N2O7. The van der Waals surface area contributed by atoms with E-state index < -0.39 is 30.0 Å². The number of carbonyl (C=O) groups is 4. The van der Waals surface area contributed by atoms with E-state index in [2.05, 4.69) is 5.32 Å². The average Bonchev–Trinajstić information content (AvgIpc) is 2.73. The molecule has 0 spiro atoms. The molecule has 2 unspecified atom stereocenters. The van der Waals surface area contributed by atoms with Crippen LogP contribution >= 0.6 is 0 Å². The van der Waals surface area contributed by atoms with E-state index in [1.54, 1.807) is 0 Å². The van der Waals surface area contributed by atoms with E-state index in [4.69, 9.17) is 21.1 Å². The van der Waals surface area contributed by atoms with E-state index in [-0.39, 0.29) is 18.7 Å². The van der Waals surface area contributed by atoms with E-state index in [1.807, 2.05) is 0 Å². The molecule has 9 heteroatoms. The molecule has 0 aromatic rings. The van der Waals surface area contributed by atoms with Gasteiger partial charge in [-0.25, -0.2) is 4.79 Å². The van der Waals surface area contributed by atoms with Gasteiger partial charge in [0.1, 0.15) is 12.1 Å². The highest BCUT2D eigenvalue weighted by Crippen LogP contribution is 2.05. The van der Waals surface area contributed by atoms with Gasteiger partial charge >= 0.3 is 17.9 Å². The van der Waals surface area contributed by atoms with Crippen molar-refractivity contribution in [2.24, 2.45) is 5.73 Å². The number of carboxylic acids is 3. The van der Waals surface area contributed by atoms with Gasteiger partial charge in [0.2, 0.25) is 5.91 Å². The third kappa shape index (κ3) is 7.71. The van der Waals surface area contributed by atoms with Crippen LogP contribution < -0.4 is 11.1 Å². The third-order valence-electron chi connectivity index (χ3n) is 2.28. The highest BCUT2D eigenvalue weighted by atomic mass is 16.4. The van der Waals surface area contributed by atoms with E-state index in [1.165, 1.54) is 0 Å². The third-order valence-corrected chi connectivity index (χ3v) is 2.28. The minimum Gasteiger partial charge on any atom is -0.481 e. The Hall–Kier alpha value is -2.16. The molecule has 1 fully saturated rings. The monoisotopic (exact) mass is 276 g/mol. The summed E-state index contributed by atoms with van der Waals surface area (Å²) in [5.41, 5.74) is 5.00.